The van der Waals surface area contributed by atoms with Crippen LogP contribution in [0.4, 0.5) is 11.5 Å². The first-order valence-corrected chi connectivity index (χ1v) is 5.72. The highest BCUT2D eigenvalue weighted by Gasteiger charge is 2.17. The van der Waals surface area contributed by atoms with Crippen LogP contribution in [0.15, 0.2) is 46.3 Å². The smallest absolute Gasteiger partial charge is 0.144 e. The summed E-state index contributed by atoms with van der Waals surface area (Å²) < 4.78 is 0. The lowest BCUT2D eigenvalue weighted by molar-refractivity contribution is 1.19. The van der Waals surface area contributed by atoms with E-state index in [2.05, 4.69) is 16.4 Å². The molecule has 0 saturated heterocycles. The van der Waals surface area contributed by atoms with Gasteiger partial charge in [0.2, 0.25) is 0 Å². The molecule has 1 aromatic carbocycles. The molecular weight excluding hydrogens is 228 g/mol. The second kappa shape index (κ2) is 3.43. The number of halogens is 1. The van der Waals surface area contributed by atoms with E-state index in [4.69, 9.17) is 11.6 Å². The van der Waals surface area contributed by atoms with Crippen molar-refractivity contribution in [3.8, 4) is 0 Å². The molecule has 1 aliphatic heterocycles. The summed E-state index contributed by atoms with van der Waals surface area (Å²) >= 11 is 7.79. The molecule has 74 valence electrons. The standard InChI is InChI=1S/C11H7ClN2S/c12-7-3-1-4-8-10(7)14-11-9(15-8)5-2-6-13-11/h1-6H,(H,13,14). The normalized spacial score (nSPS) is 12.6. The van der Waals surface area contributed by atoms with Crippen molar-refractivity contribution in [2.45, 2.75) is 9.79 Å². The second-order valence-electron chi connectivity index (χ2n) is 3.19. The Morgan fingerprint density at radius 3 is 2.93 bits per heavy atom. The van der Waals surface area contributed by atoms with Gasteiger partial charge in [0.25, 0.3) is 0 Å². The Labute approximate surface area is 96.7 Å². The zero-order chi connectivity index (χ0) is 10.3. The van der Waals surface area contributed by atoms with Crippen molar-refractivity contribution < 1.29 is 0 Å². The molecule has 0 atom stereocenters. The SMILES string of the molecule is Clc1cccc2c1Nc1ncccc1S2. The zero-order valence-corrected chi connectivity index (χ0v) is 9.27. The Bertz CT molecular complexity index is 528. The van der Waals surface area contributed by atoms with Crippen LogP contribution in [0.2, 0.25) is 5.02 Å². The fourth-order valence-corrected chi connectivity index (χ4v) is 2.79. The van der Waals surface area contributed by atoms with E-state index in [-0.39, 0.29) is 0 Å². The summed E-state index contributed by atoms with van der Waals surface area (Å²) in [5, 5.41) is 3.98. The fraction of sp³-hybridized carbons (Fsp3) is 0. The summed E-state index contributed by atoms with van der Waals surface area (Å²) in [6, 6.07) is 9.86. The lowest BCUT2D eigenvalue weighted by atomic mass is 10.3. The maximum absolute atomic E-state index is 6.11. The van der Waals surface area contributed by atoms with E-state index in [1.807, 2.05) is 24.3 Å². The Morgan fingerprint density at radius 2 is 2.00 bits per heavy atom. The maximum atomic E-state index is 6.11. The van der Waals surface area contributed by atoms with Crippen LogP contribution in [-0.4, -0.2) is 4.98 Å². The third-order valence-corrected chi connectivity index (χ3v) is 3.63. The first-order valence-electron chi connectivity index (χ1n) is 4.53. The van der Waals surface area contributed by atoms with E-state index in [1.165, 1.54) is 0 Å². The molecule has 0 fully saturated rings. The number of rotatable bonds is 0. The van der Waals surface area contributed by atoms with Crippen molar-refractivity contribution >= 4 is 34.9 Å². The van der Waals surface area contributed by atoms with E-state index >= 15 is 0 Å². The first-order chi connectivity index (χ1) is 7.34. The van der Waals surface area contributed by atoms with Crippen molar-refractivity contribution in [2.75, 3.05) is 5.32 Å². The average molecular weight is 235 g/mol. The summed E-state index contributed by atoms with van der Waals surface area (Å²) in [6.07, 6.45) is 1.77. The monoisotopic (exact) mass is 234 g/mol. The highest BCUT2D eigenvalue weighted by atomic mass is 35.5. The number of nitrogens with zero attached hydrogens (tertiary/aromatic N) is 1. The second-order valence-corrected chi connectivity index (χ2v) is 4.68. The Balaban J connectivity index is 2.15. The maximum Gasteiger partial charge on any atom is 0.144 e. The molecule has 2 nitrogen and oxygen atoms in total. The molecule has 0 aliphatic carbocycles. The quantitative estimate of drug-likeness (QED) is 0.638. The molecule has 15 heavy (non-hydrogen) atoms. The van der Waals surface area contributed by atoms with Gasteiger partial charge in [0.1, 0.15) is 5.82 Å². The Hall–Kier alpha value is -1.19. The predicted molar refractivity (Wildman–Crippen MR) is 63.1 cm³/mol. The molecule has 0 saturated carbocycles. The van der Waals surface area contributed by atoms with Gasteiger partial charge in [0.15, 0.2) is 0 Å². The third kappa shape index (κ3) is 1.48. The van der Waals surface area contributed by atoms with Gasteiger partial charge in [0, 0.05) is 11.1 Å². The van der Waals surface area contributed by atoms with E-state index in [0.717, 1.165) is 26.3 Å². The third-order valence-electron chi connectivity index (χ3n) is 2.21. The first kappa shape index (κ1) is 9.07. The molecule has 0 unspecified atom stereocenters. The van der Waals surface area contributed by atoms with Crippen LogP contribution in [0.3, 0.4) is 0 Å². The van der Waals surface area contributed by atoms with Crippen LogP contribution in [0, 0.1) is 0 Å². The van der Waals surface area contributed by atoms with Crippen molar-refractivity contribution in [3.63, 3.8) is 0 Å². The van der Waals surface area contributed by atoms with Gasteiger partial charge < -0.3 is 5.32 Å². The Kier molecular flexibility index (Phi) is 2.08. The number of pyridine rings is 1. The number of hydrogen-bond donors (Lipinski definition) is 1. The minimum Gasteiger partial charge on any atom is -0.337 e. The number of para-hydroxylation sites is 1. The fourth-order valence-electron chi connectivity index (χ4n) is 1.51. The molecule has 2 aromatic rings. The van der Waals surface area contributed by atoms with Crippen molar-refractivity contribution in [1.29, 1.82) is 0 Å². The number of nitrogens with one attached hydrogen (secondary N) is 1. The molecule has 0 bridgehead atoms. The summed E-state index contributed by atoms with van der Waals surface area (Å²) in [7, 11) is 0. The van der Waals surface area contributed by atoms with E-state index in [0.29, 0.717) is 0 Å². The molecule has 1 aromatic heterocycles. The number of hydrogen-bond acceptors (Lipinski definition) is 3. The molecule has 1 aliphatic rings. The van der Waals surface area contributed by atoms with Crippen LogP contribution in [0.1, 0.15) is 0 Å². The Morgan fingerprint density at radius 1 is 1.13 bits per heavy atom. The molecule has 2 heterocycles. The van der Waals surface area contributed by atoms with Crippen LogP contribution < -0.4 is 5.32 Å². The van der Waals surface area contributed by atoms with Gasteiger partial charge >= 0.3 is 0 Å². The predicted octanol–water partition coefficient (Wildman–Crippen LogP) is 3.94. The summed E-state index contributed by atoms with van der Waals surface area (Å²) in [4.78, 5) is 6.54. The topological polar surface area (TPSA) is 24.9 Å². The van der Waals surface area contributed by atoms with Crippen LogP contribution in [0.25, 0.3) is 0 Å². The van der Waals surface area contributed by atoms with Crippen LogP contribution in [0.5, 0.6) is 0 Å². The van der Waals surface area contributed by atoms with Crippen LogP contribution in [-0.2, 0) is 0 Å². The highest BCUT2D eigenvalue weighted by Crippen LogP contribution is 2.45. The minimum atomic E-state index is 0.733. The average Bonchev–Trinajstić information content (AvgIpc) is 2.27. The van der Waals surface area contributed by atoms with Gasteiger partial charge in [-0.1, -0.05) is 29.4 Å². The minimum absolute atomic E-state index is 0.733. The molecule has 0 amide bonds. The number of aromatic nitrogens is 1. The summed E-state index contributed by atoms with van der Waals surface area (Å²) in [6.45, 7) is 0. The van der Waals surface area contributed by atoms with Crippen molar-refractivity contribution in [3.05, 3.63) is 41.6 Å². The zero-order valence-electron chi connectivity index (χ0n) is 7.70. The molecule has 0 radical (unpaired) electrons. The summed E-state index contributed by atoms with van der Waals surface area (Å²) in [5.74, 6) is 0.878. The number of benzene rings is 1. The lowest BCUT2D eigenvalue weighted by Crippen LogP contribution is -2.01. The van der Waals surface area contributed by atoms with Gasteiger partial charge in [-0.15, -0.1) is 0 Å². The molecule has 0 spiro atoms. The van der Waals surface area contributed by atoms with Gasteiger partial charge in [-0.05, 0) is 24.3 Å². The van der Waals surface area contributed by atoms with Crippen LogP contribution >= 0.6 is 23.4 Å². The lowest BCUT2D eigenvalue weighted by Gasteiger charge is -2.20. The van der Waals surface area contributed by atoms with Gasteiger partial charge in [-0.2, -0.15) is 0 Å². The van der Waals surface area contributed by atoms with E-state index < -0.39 is 0 Å². The highest BCUT2D eigenvalue weighted by molar-refractivity contribution is 7.99. The number of fused-ring (bicyclic) bond motifs is 2. The molecular formula is C11H7ClN2S. The van der Waals surface area contributed by atoms with E-state index in [9.17, 15) is 0 Å². The van der Waals surface area contributed by atoms with Gasteiger partial charge in [0.05, 0.1) is 15.6 Å². The molecule has 4 heteroatoms. The van der Waals surface area contributed by atoms with Crippen molar-refractivity contribution in [1.82, 2.24) is 4.98 Å². The van der Waals surface area contributed by atoms with Gasteiger partial charge in [-0.3, -0.25) is 0 Å². The van der Waals surface area contributed by atoms with E-state index in [1.54, 1.807) is 18.0 Å². The largest absolute Gasteiger partial charge is 0.337 e. The molecule has 1 N–H and O–H groups in total. The molecule has 3 rings (SSSR count). The van der Waals surface area contributed by atoms with Crippen molar-refractivity contribution in [2.24, 2.45) is 0 Å². The number of anilines is 2. The van der Waals surface area contributed by atoms with Gasteiger partial charge in [-0.25, -0.2) is 4.98 Å². The summed E-state index contributed by atoms with van der Waals surface area (Å²) in [5.41, 5.74) is 0.954.